The molecule has 1 aliphatic heterocycles. The van der Waals surface area contributed by atoms with Crippen molar-refractivity contribution in [1.82, 2.24) is 4.90 Å². The van der Waals surface area contributed by atoms with Gasteiger partial charge in [0.1, 0.15) is 18.1 Å². The van der Waals surface area contributed by atoms with E-state index in [1.807, 2.05) is 32.0 Å². The van der Waals surface area contributed by atoms with Gasteiger partial charge in [-0.05, 0) is 50.5 Å². The topological polar surface area (TPSA) is 80.0 Å². The molecule has 6 heteroatoms. The van der Waals surface area contributed by atoms with Crippen LogP contribution in [-0.4, -0.2) is 35.0 Å². The van der Waals surface area contributed by atoms with Crippen molar-refractivity contribution < 1.29 is 23.8 Å². The fourth-order valence-corrected chi connectivity index (χ4v) is 3.20. The molecular formula is C20H23NO5. The fourth-order valence-electron chi connectivity index (χ4n) is 3.20. The summed E-state index contributed by atoms with van der Waals surface area (Å²) in [6.07, 6.45) is 1.29. The quantitative estimate of drug-likeness (QED) is 0.887. The molecular weight excluding hydrogens is 334 g/mol. The minimum Gasteiger partial charge on any atom is -0.485 e. The summed E-state index contributed by atoms with van der Waals surface area (Å²) in [4.78, 5) is 25.3. The predicted octanol–water partition coefficient (Wildman–Crippen LogP) is 3.41. The Labute approximate surface area is 152 Å². The maximum Gasteiger partial charge on any atom is 0.308 e. The van der Waals surface area contributed by atoms with Crippen LogP contribution in [-0.2, 0) is 11.4 Å². The molecule has 2 aromatic rings. The standard InChI is InChI=1S/C20H23NO5/c1-13-5-7-17(14(2)10-13)25-12-16-6-8-18(26-16)19(22)21-9-3-4-15(11-21)20(23)24/h5-8,10,15H,3-4,9,11-12H2,1-2H3,(H,23,24). The van der Waals surface area contributed by atoms with Crippen molar-refractivity contribution in [3.8, 4) is 5.75 Å². The first-order valence-electron chi connectivity index (χ1n) is 8.75. The first-order chi connectivity index (χ1) is 12.4. The lowest BCUT2D eigenvalue weighted by Gasteiger charge is -2.29. The molecule has 1 unspecified atom stereocenters. The molecule has 1 atom stereocenters. The summed E-state index contributed by atoms with van der Waals surface area (Å²) < 4.78 is 11.4. The second-order valence-corrected chi connectivity index (χ2v) is 6.75. The molecule has 2 heterocycles. The van der Waals surface area contributed by atoms with Gasteiger partial charge in [0.15, 0.2) is 5.76 Å². The van der Waals surface area contributed by atoms with Crippen LogP contribution in [0.5, 0.6) is 5.75 Å². The second-order valence-electron chi connectivity index (χ2n) is 6.75. The molecule has 6 nitrogen and oxygen atoms in total. The van der Waals surface area contributed by atoms with E-state index in [1.165, 1.54) is 5.56 Å². The zero-order chi connectivity index (χ0) is 18.7. The Balaban J connectivity index is 1.62. The number of hydrogen-bond donors (Lipinski definition) is 1. The van der Waals surface area contributed by atoms with E-state index in [0.717, 1.165) is 11.3 Å². The number of likely N-dealkylation sites (tertiary alicyclic amines) is 1. The van der Waals surface area contributed by atoms with Crippen LogP contribution in [0.1, 0.15) is 40.3 Å². The number of ether oxygens (including phenoxy) is 1. The number of carbonyl (C=O) groups is 2. The van der Waals surface area contributed by atoms with Crippen LogP contribution in [0.3, 0.4) is 0 Å². The Morgan fingerprint density at radius 2 is 2.08 bits per heavy atom. The third kappa shape index (κ3) is 4.07. The molecule has 138 valence electrons. The minimum absolute atomic E-state index is 0.218. The summed E-state index contributed by atoms with van der Waals surface area (Å²) >= 11 is 0. The minimum atomic E-state index is -0.857. The van der Waals surface area contributed by atoms with Gasteiger partial charge in [0.05, 0.1) is 5.92 Å². The summed E-state index contributed by atoms with van der Waals surface area (Å²) in [5, 5.41) is 9.15. The van der Waals surface area contributed by atoms with Gasteiger partial charge in [-0.2, -0.15) is 0 Å². The van der Waals surface area contributed by atoms with E-state index in [-0.39, 0.29) is 24.8 Å². The third-order valence-electron chi connectivity index (χ3n) is 4.63. The number of carboxylic acid groups (broad SMARTS) is 1. The highest BCUT2D eigenvalue weighted by Gasteiger charge is 2.29. The van der Waals surface area contributed by atoms with Crippen LogP contribution in [0, 0.1) is 19.8 Å². The van der Waals surface area contributed by atoms with Crippen LogP contribution in [0.2, 0.25) is 0 Å². The summed E-state index contributed by atoms with van der Waals surface area (Å²) in [6.45, 7) is 5.02. The summed E-state index contributed by atoms with van der Waals surface area (Å²) in [6, 6.07) is 9.28. The molecule has 3 rings (SSSR count). The summed E-state index contributed by atoms with van der Waals surface area (Å²) in [7, 11) is 0. The zero-order valence-corrected chi connectivity index (χ0v) is 15.0. The molecule has 0 radical (unpaired) electrons. The van der Waals surface area contributed by atoms with Gasteiger partial charge in [0, 0.05) is 13.1 Å². The number of aryl methyl sites for hydroxylation is 2. The average molecular weight is 357 g/mol. The number of amides is 1. The lowest BCUT2D eigenvalue weighted by Crippen LogP contribution is -2.42. The molecule has 1 aromatic carbocycles. The number of piperidine rings is 1. The molecule has 26 heavy (non-hydrogen) atoms. The van der Waals surface area contributed by atoms with Crippen molar-refractivity contribution >= 4 is 11.9 Å². The molecule has 1 aromatic heterocycles. The second kappa shape index (κ2) is 7.64. The monoisotopic (exact) mass is 357 g/mol. The first-order valence-corrected chi connectivity index (χ1v) is 8.75. The predicted molar refractivity (Wildman–Crippen MR) is 95.2 cm³/mol. The van der Waals surface area contributed by atoms with Crippen LogP contribution in [0.25, 0.3) is 0 Å². The highest BCUT2D eigenvalue weighted by Crippen LogP contribution is 2.22. The molecule has 0 bridgehead atoms. The molecule has 0 aliphatic carbocycles. The number of carboxylic acids is 1. The molecule has 0 saturated carbocycles. The maximum absolute atomic E-state index is 12.5. The highest BCUT2D eigenvalue weighted by atomic mass is 16.5. The Bertz CT molecular complexity index is 810. The largest absolute Gasteiger partial charge is 0.485 e. The molecule has 1 fully saturated rings. The lowest BCUT2D eigenvalue weighted by atomic mass is 9.98. The van der Waals surface area contributed by atoms with E-state index < -0.39 is 11.9 Å². The molecule has 0 spiro atoms. The van der Waals surface area contributed by atoms with Crippen LogP contribution in [0.4, 0.5) is 0 Å². The number of hydrogen-bond acceptors (Lipinski definition) is 4. The zero-order valence-electron chi connectivity index (χ0n) is 15.0. The molecule has 1 amide bonds. The lowest BCUT2D eigenvalue weighted by molar-refractivity contribution is -0.143. The Morgan fingerprint density at radius 3 is 2.81 bits per heavy atom. The summed E-state index contributed by atoms with van der Waals surface area (Å²) in [5.41, 5.74) is 2.21. The Morgan fingerprint density at radius 1 is 1.27 bits per heavy atom. The van der Waals surface area contributed by atoms with Gasteiger partial charge in [-0.3, -0.25) is 9.59 Å². The van der Waals surface area contributed by atoms with Crippen molar-refractivity contribution in [1.29, 1.82) is 0 Å². The first kappa shape index (κ1) is 18.0. The van der Waals surface area contributed by atoms with E-state index in [4.69, 9.17) is 14.3 Å². The van der Waals surface area contributed by atoms with E-state index in [1.54, 1.807) is 17.0 Å². The van der Waals surface area contributed by atoms with Gasteiger partial charge < -0.3 is 19.2 Å². The van der Waals surface area contributed by atoms with Gasteiger partial charge >= 0.3 is 5.97 Å². The van der Waals surface area contributed by atoms with Crippen LogP contribution in [0.15, 0.2) is 34.7 Å². The number of furan rings is 1. The van der Waals surface area contributed by atoms with Crippen molar-refractivity contribution in [2.24, 2.45) is 5.92 Å². The molecule has 1 N–H and O–H groups in total. The molecule has 1 saturated heterocycles. The Kier molecular flexibility index (Phi) is 5.30. The van der Waals surface area contributed by atoms with Crippen LogP contribution >= 0.6 is 0 Å². The van der Waals surface area contributed by atoms with Crippen molar-refractivity contribution in [3.63, 3.8) is 0 Å². The molecule has 1 aliphatic rings. The smallest absolute Gasteiger partial charge is 0.308 e. The van der Waals surface area contributed by atoms with Crippen molar-refractivity contribution in [2.75, 3.05) is 13.1 Å². The highest BCUT2D eigenvalue weighted by molar-refractivity contribution is 5.92. The summed E-state index contributed by atoms with van der Waals surface area (Å²) in [5.74, 6) is -0.0798. The number of nitrogens with zero attached hydrogens (tertiary/aromatic N) is 1. The van der Waals surface area contributed by atoms with Crippen molar-refractivity contribution in [3.05, 3.63) is 53.0 Å². The van der Waals surface area contributed by atoms with Gasteiger partial charge in [-0.15, -0.1) is 0 Å². The van der Waals surface area contributed by atoms with Gasteiger partial charge in [0.25, 0.3) is 5.91 Å². The number of aliphatic carboxylic acids is 1. The Hall–Kier alpha value is -2.76. The van der Waals surface area contributed by atoms with E-state index in [9.17, 15) is 9.59 Å². The van der Waals surface area contributed by atoms with Crippen LogP contribution < -0.4 is 4.74 Å². The number of rotatable bonds is 5. The van der Waals surface area contributed by atoms with Gasteiger partial charge in [-0.1, -0.05) is 17.7 Å². The normalized spacial score (nSPS) is 17.2. The van der Waals surface area contributed by atoms with E-state index in [0.29, 0.717) is 25.1 Å². The van der Waals surface area contributed by atoms with Crippen molar-refractivity contribution in [2.45, 2.75) is 33.3 Å². The SMILES string of the molecule is Cc1ccc(OCc2ccc(C(=O)N3CCCC(C(=O)O)C3)o2)c(C)c1. The van der Waals surface area contributed by atoms with Gasteiger partial charge in [-0.25, -0.2) is 0 Å². The van der Waals surface area contributed by atoms with E-state index in [2.05, 4.69) is 0 Å². The van der Waals surface area contributed by atoms with E-state index >= 15 is 0 Å². The number of carbonyl (C=O) groups excluding carboxylic acids is 1. The average Bonchev–Trinajstić information content (AvgIpc) is 3.09. The van der Waals surface area contributed by atoms with Gasteiger partial charge in [0.2, 0.25) is 0 Å². The fraction of sp³-hybridized carbons (Fsp3) is 0.400. The third-order valence-corrected chi connectivity index (χ3v) is 4.63. The number of benzene rings is 1. The maximum atomic E-state index is 12.5.